The van der Waals surface area contributed by atoms with Gasteiger partial charge in [0.15, 0.2) is 0 Å². The van der Waals surface area contributed by atoms with Gasteiger partial charge in [0, 0.05) is 12.4 Å². The number of aromatic nitrogens is 2. The van der Waals surface area contributed by atoms with Gasteiger partial charge >= 0.3 is 0 Å². The maximum atomic E-state index is 5.26. The number of nitrogens with zero attached hydrogens (tertiary/aromatic N) is 2. The predicted octanol–water partition coefficient (Wildman–Crippen LogP) is 17.5. The molecule has 0 unspecified atom stereocenters. The summed E-state index contributed by atoms with van der Waals surface area (Å²) in [7, 11) is 0. The molecule has 2 fully saturated rings. The van der Waals surface area contributed by atoms with Crippen LogP contribution in [0.4, 0.5) is 0 Å². The summed E-state index contributed by atoms with van der Waals surface area (Å²) in [6.45, 7) is 0. The van der Waals surface area contributed by atoms with Gasteiger partial charge in [-0.3, -0.25) is 9.97 Å². The van der Waals surface area contributed by atoms with E-state index >= 15 is 0 Å². The molecule has 2 heterocycles. The monoisotopic (exact) mass is 950 g/mol. The second-order valence-electron chi connectivity index (χ2n) is 21.2. The first-order valence-corrected chi connectivity index (χ1v) is 27.1. The molecule has 0 amide bonds. The summed E-state index contributed by atoms with van der Waals surface area (Å²) in [6.07, 6.45) is 14.2. The van der Waals surface area contributed by atoms with Crippen LogP contribution in [-0.2, 0) is 10.8 Å². The van der Waals surface area contributed by atoms with Crippen molar-refractivity contribution in [3.8, 4) is 22.3 Å². The van der Waals surface area contributed by atoms with Crippen LogP contribution in [0.5, 0.6) is 0 Å². The van der Waals surface area contributed by atoms with Crippen molar-refractivity contribution in [2.24, 2.45) is 0 Å². The molecular weight excluding hydrogens is 893 g/mol. The first-order chi connectivity index (χ1) is 36.7. The fourth-order valence-corrected chi connectivity index (χ4v) is 14.2. The summed E-state index contributed by atoms with van der Waals surface area (Å²) in [5.74, 6) is 1.24. The highest BCUT2D eigenvalue weighted by Crippen LogP contribution is 2.58. The Kier molecular flexibility index (Phi) is 11.1. The molecule has 2 saturated carbocycles. The number of hydrogen-bond donors (Lipinski definition) is 0. The lowest BCUT2D eigenvalue weighted by Gasteiger charge is -2.34. The number of fused-ring (bicyclic) bond motifs is 6. The average Bonchev–Trinajstić information content (AvgIpc) is 4.32. The molecule has 0 radical (unpaired) electrons. The lowest BCUT2D eigenvalue weighted by molar-refractivity contribution is 0.723. The Hall–Kier alpha value is -8.20. The van der Waals surface area contributed by atoms with Gasteiger partial charge in [0.05, 0.1) is 22.2 Å². The van der Waals surface area contributed by atoms with Crippen LogP contribution in [0.2, 0.25) is 0 Å². The van der Waals surface area contributed by atoms with E-state index < -0.39 is 10.8 Å². The van der Waals surface area contributed by atoms with E-state index in [1.54, 1.807) is 0 Å². The smallest absolute Gasteiger partial charge is 0.0886 e. The lowest BCUT2D eigenvalue weighted by Crippen LogP contribution is -2.30. The molecule has 0 spiro atoms. The Labute approximate surface area is 436 Å². The SMILES string of the molecule is c1ccc(C2(c3cccc(C(=C(c4ccc(C5CCCC5)cc4)c4ccc(C5CCCC5)cc4)c4cccc(C5(c6ccccn6)c6ccccc6-c6ccccc65)c4)c3)c3ccccc3-c3ccccc32)nc1. The zero-order valence-corrected chi connectivity index (χ0v) is 41.8. The third-order valence-corrected chi connectivity index (χ3v) is 17.5. The maximum Gasteiger partial charge on any atom is 0.0886 e. The van der Waals surface area contributed by atoms with Gasteiger partial charge in [-0.15, -0.1) is 0 Å². The van der Waals surface area contributed by atoms with E-state index in [2.05, 4.69) is 218 Å². The van der Waals surface area contributed by atoms with Crippen LogP contribution in [-0.4, -0.2) is 9.97 Å². The van der Waals surface area contributed by atoms with E-state index in [0.29, 0.717) is 11.8 Å². The van der Waals surface area contributed by atoms with Gasteiger partial charge in [0.2, 0.25) is 0 Å². The molecule has 0 atom stereocenters. The van der Waals surface area contributed by atoms with Gasteiger partial charge in [-0.2, -0.15) is 0 Å². The van der Waals surface area contributed by atoms with Crippen molar-refractivity contribution in [2.45, 2.75) is 74.0 Å². The molecule has 10 aromatic rings. The van der Waals surface area contributed by atoms with Crippen LogP contribution in [0.15, 0.2) is 243 Å². The van der Waals surface area contributed by atoms with Gasteiger partial charge < -0.3 is 0 Å². The Bertz CT molecular complexity index is 3390. The van der Waals surface area contributed by atoms with Crippen molar-refractivity contribution in [1.29, 1.82) is 0 Å². The Morgan fingerprint density at radius 1 is 0.311 bits per heavy atom. The molecule has 74 heavy (non-hydrogen) atoms. The van der Waals surface area contributed by atoms with Crippen molar-refractivity contribution in [1.82, 2.24) is 9.97 Å². The van der Waals surface area contributed by atoms with E-state index in [0.717, 1.165) is 22.5 Å². The summed E-state index contributed by atoms with van der Waals surface area (Å²) in [4.78, 5) is 10.5. The molecule has 0 saturated heterocycles. The van der Waals surface area contributed by atoms with E-state index in [1.807, 2.05) is 24.5 Å². The molecule has 2 heteroatoms. The first-order valence-electron chi connectivity index (χ1n) is 27.1. The molecule has 2 aromatic heterocycles. The summed E-state index contributed by atoms with van der Waals surface area (Å²) in [6, 6.07) is 87.3. The molecule has 0 aliphatic heterocycles. The minimum atomic E-state index is -0.663. The predicted molar refractivity (Wildman–Crippen MR) is 303 cm³/mol. The van der Waals surface area contributed by atoms with Crippen LogP contribution in [0, 0.1) is 0 Å². The Morgan fingerprint density at radius 3 is 1.00 bits per heavy atom. The van der Waals surface area contributed by atoms with Gasteiger partial charge in [0.25, 0.3) is 0 Å². The van der Waals surface area contributed by atoms with Crippen molar-refractivity contribution in [2.75, 3.05) is 0 Å². The zero-order chi connectivity index (χ0) is 49.1. The minimum Gasteiger partial charge on any atom is -0.260 e. The third kappa shape index (κ3) is 6.98. The lowest BCUT2D eigenvalue weighted by atomic mass is 9.68. The van der Waals surface area contributed by atoms with Crippen LogP contribution in [0.1, 0.15) is 141 Å². The molecule has 8 aromatic carbocycles. The summed E-state index contributed by atoms with van der Waals surface area (Å²) < 4.78 is 0. The minimum absolute atomic E-state index is 0.620. The molecule has 356 valence electrons. The molecule has 0 bridgehead atoms. The second-order valence-corrected chi connectivity index (χ2v) is 21.2. The standard InChI is InChI=1S/C72H58N2/c1-2-20-49(19-1)51-37-41-53(42-38-51)69(54-43-39-52(40-44-54)50-21-3-4-22-50)70(55-23-17-25-57(47-55)71(67-35-13-15-45-73-67)63-31-9-5-27-59(63)60-28-6-10-32-64(60)71)56-24-18-26-58(48-56)72(68-36-14-16-46-74-68)65-33-11-7-29-61(65)62-30-8-12-34-66(62)72/h5-18,23-50H,1-4,19-22H2. The van der Waals surface area contributed by atoms with Crippen molar-refractivity contribution in [3.05, 3.63) is 321 Å². The molecule has 4 aliphatic carbocycles. The molecule has 0 N–H and O–H groups in total. The number of pyridine rings is 2. The third-order valence-electron chi connectivity index (χ3n) is 17.5. The van der Waals surface area contributed by atoms with Crippen molar-refractivity contribution in [3.63, 3.8) is 0 Å². The second kappa shape index (κ2) is 18.4. The Balaban J connectivity index is 1.07. The van der Waals surface area contributed by atoms with Crippen LogP contribution >= 0.6 is 0 Å². The highest BCUT2D eigenvalue weighted by Gasteiger charge is 2.49. The summed E-state index contributed by atoms with van der Waals surface area (Å²) in [5, 5.41) is 0. The van der Waals surface area contributed by atoms with Crippen molar-refractivity contribution >= 4 is 11.1 Å². The van der Waals surface area contributed by atoms with E-state index in [1.165, 1.54) is 140 Å². The summed E-state index contributed by atoms with van der Waals surface area (Å²) >= 11 is 0. The number of rotatable bonds is 10. The van der Waals surface area contributed by atoms with Gasteiger partial charge in [0.1, 0.15) is 0 Å². The number of hydrogen-bond acceptors (Lipinski definition) is 2. The normalized spacial score (nSPS) is 16.1. The summed E-state index contributed by atoms with van der Waals surface area (Å²) in [5.41, 5.74) is 23.2. The quantitative estimate of drug-likeness (QED) is 0.128. The fraction of sp³-hybridized carbons (Fsp3) is 0.167. The van der Waals surface area contributed by atoms with E-state index in [4.69, 9.17) is 9.97 Å². The van der Waals surface area contributed by atoms with E-state index in [9.17, 15) is 0 Å². The van der Waals surface area contributed by atoms with E-state index in [-0.39, 0.29) is 0 Å². The zero-order valence-electron chi connectivity index (χ0n) is 41.8. The number of benzene rings is 8. The highest BCUT2D eigenvalue weighted by atomic mass is 14.7. The molecular formula is C72H58N2. The topological polar surface area (TPSA) is 25.8 Å². The van der Waals surface area contributed by atoms with Gasteiger partial charge in [-0.1, -0.05) is 220 Å². The average molecular weight is 951 g/mol. The van der Waals surface area contributed by atoms with Crippen LogP contribution < -0.4 is 0 Å². The molecule has 2 nitrogen and oxygen atoms in total. The Morgan fingerprint density at radius 2 is 0.649 bits per heavy atom. The van der Waals surface area contributed by atoms with Crippen LogP contribution in [0.3, 0.4) is 0 Å². The molecule has 14 rings (SSSR count). The first kappa shape index (κ1) is 44.5. The van der Waals surface area contributed by atoms with Gasteiger partial charge in [-0.05, 0) is 174 Å². The van der Waals surface area contributed by atoms with Crippen molar-refractivity contribution < 1.29 is 0 Å². The maximum absolute atomic E-state index is 5.26. The fourth-order valence-electron chi connectivity index (χ4n) is 14.2. The van der Waals surface area contributed by atoms with Gasteiger partial charge in [-0.25, -0.2) is 0 Å². The highest BCUT2D eigenvalue weighted by molar-refractivity contribution is 6.05. The largest absolute Gasteiger partial charge is 0.260 e. The van der Waals surface area contributed by atoms with Crippen LogP contribution in [0.25, 0.3) is 33.4 Å². The molecule has 4 aliphatic rings.